The van der Waals surface area contributed by atoms with E-state index in [1.165, 1.54) is 0 Å². The standard InChI is InChI=1S/C23H24N2O4/c1-14-7-6-8-17-15(2)22(29-21(14)17)23(27)24-16-10-11-19(28-3)18(13-16)25-12-5-4-9-20(25)26/h6-8,10-11,13H,4-5,9,12H2,1-3H3,(H,24,27). The molecule has 0 radical (unpaired) electrons. The molecule has 2 amide bonds. The van der Waals surface area contributed by atoms with Gasteiger partial charge in [-0.2, -0.15) is 0 Å². The number of hydrogen-bond donors (Lipinski definition) is 1. The van der Waals surface area contributed by atoms with Gasteiger partial charge in [0.25, 0.3) is 5.91 Å². The summed E-state index contributed by atoms with van der Waals surface area (Å²) >= 11 is 0. The zero-order chi connectivity index (χ0) is 20.5. The molecular weight excluding hydrogens is 368 g/mol. The largest absolute Gasteiger partial charge is 0.495 e. The van der Waals surface area contributed by atoms with Gasteiger partial charge in [-0.1, -0.05) is 18.2 Å². The number of fused-ring (bicyclic) bond motifs is 1. The Kier molecular flexibility index (Phi) is 5.01. The lowest BCUT2D eigenvalue weighted by atomic mass is 10.1. The average Bonchev–Trinajstić information content (AvgIpc) is 3.06. The number of nitrogens with one attached hydrogen (secondary N) is 1. The molecule has 29 heavy (non-hydrogen) atoms. The Labute approximate surface area is 169 Å². The van der Waals surface area contributed by atoms with Gasteiger partial charge >= 0.3 is 0 Å². The molecule has 0 saturated carbocycles. The SMILES string of the molecule is COc1ccc(NC(=O)c2oc3c(C)cccc3c2C)cc1N1CCCCC1=O. The van der Waals surface area contributed by atoms with Crippen molar-refractivity contribution >= 4 is 34.2 Å². The fraction of sp³-hybridized carbons (Fsp3) is 0.304. The third-order valence-electron chi connectivity index (χ3n) is 5.42. The Balaban J connectivity index is 1.65. The van der Waals surface area contributed by atoms with Crippen LogP contribution in [0.15, 0.2) is 40.8 Å². The molecule has 0 aliphatic carbocycles. The van der Waals surface area contributed by atoms with Crippen LogP contribution in [0.3, 0.4) is 0 Å². The molecule has 1 aliphatic heterocycles. The van der Waals surface area contributed by atoms with Gasteiger partial charge in [0.1, 0.15) is 11.3 Å². The monoisotopic (exact) mass is 392 g/mol. The average molecular weight is 392 g/mol. The molecule has 1 fully saturated rings. The summed E-state index contributed by atoms with van der Waals surface area (Å²) in [6, 6.07) is 11.2. The lowest BCUT2D eigenvalue weighted by molar-refractivity contribution is -0.119. The molecule has 150 valence electrons. The number of furan rings is 1. The number of methoxy groups -OCH3 is 1. The van der Waals surface area contributed by atoms with Crippen molar-refractivity contribution in [1.82, 2.24) is 0 Å². The summed E-state index contributed by atoms with van der Waals surface area (Å²) < 4.78 is 11.3. The molecule has 2 heterocycles. The minimum Gasteiger partial charge on any atom is -0.495 e. The highest BCUT2D eigenvalue weighted by Gasteiger charge is 2.24. The van der Waals surface area contributed by atoms with Gasteiger partial charge in [-0.3, -0.25) is 9.59 Å². The van der Waals surface area contributed by atoms with Crippen LogP contribution >= 0.6 is 0 Å². The van der Waals surface area contributed by atoms with Crippen LogP contribution in [0.4, 0.5) is 11.4 Å². The molecule has 1 N–H and O–H groups in total. The van der Waals surface area contributed by atoms with Crippen LogP contribution in [0.5, 0.6) is 5.75 Å². The number of nitrogens with zero attached hydrogens (tertiary/aromatic N) is 1. The predicted molar refractivity (Wildman–Crippen MR) is 113 cm³/mol. The summed E-state index contributed by atoms with van der Waals surface area (Å²) in [6.45, 7) is 4.49. The zero-order valence-corrected chi connectivity index (χ0v) is 16.9. The van der Waals surface area contributed by atoms with Gasteiger partial charge in [-0.25, -0.2) is 0 Å². The molecule has 1 aliphatic rings. The van der Waals surface area contributed by atoms with Gasteiger partial charge in [-0.05, 0) is 50.5 Å². The number of para-hydroxylation sites is 1. The van der Waals surface area contributed by atoms with E-state index in [1.807, 2.05) is 32.0 Å². The number of carbonyl (C=O) groups excluding carboxylic acids is 2. The highest BCUT2D eigenvalue weighted by molar-refractivity contribution is 6.07. The molecule has 3 aromatic rings. The summed E-state index contributed by atoms with van der Waals surface area (Å²) in [6.07, 6.45) is 2.37. The van der Waals surface area contributed by atoms with E-state index in [0.29, 0.717) is 35.9 Å². The van der Waals surface area contributed by atoms with Gasteiger partial charge in [0.2, 0.25) is 5.91 Å². The van der Waals surface area contributed by atoms with E-state index in [-0.39, 0.29) is 11.8 Å². The first-order chi connectivity index (χ1) is 14.0. The summed E-state index contributed by atoms with van der Waals surface area (Å²) in [5.74, 6) is 0.648. The van der Waals surface area contributed by atoms with Crippen molar-refractivity contribution in [2.75, 3.05) is 23.9 Å². The number of aryl methyl sites for hydroxylation is 2. The van der Waals surface area contributed by atoms with Gasteiger partial charge in [0, 0.05) is 29.6 Å². The predicted octanol–water partition coefficient (Wildman–Crippen LogP) is 4.83. The molecule has 6 heteroatoms. The second kappa shape index (κ2) is 7.62. The summed E-state index contributed by atoms with van der Waals surface area (Å²) in [4.78, 5) is 27.0. The summed E-state index contributed by atoms with van der Waals surface area (Å²) in [7, 11) is 1.58. The van der Waals surface area contributed by atoms with Crippen LogP contribution in [-0.2, 0) is 4.79 Å². The Morgan fingerprint density at radius 1 is 1.17 bits per heavy atom. The van der Waals surface area contributed by atoms with Crippen molar-refractivity contribution in [1.29, 1.82) is 0 Å². The molecule has 0 unspecified atom stereocenters. The van der Waals surface area contributed by atoms with E-state index in [2.05, 4.69) is 5.32 Å². The molecule has 0 bridgehead atoms. The van der Waals surface area contributed by atoms with Crippen molar-refractivity contribution in [2.24, 2.45) is 0 Å². The van der Waals surface area contributed by atoms with Gasteiger partial charge in [0.05, 0.1) is 12.8 Å². The molecule has 0 atom stereocenters. The molecule has 6 nitrogen and oxygen atoms in total. The van der Waals surface area contributed by atoms with Gasteiger partial charge in [-0.15, -0.1) is 0 Å². The van der Waals surface area contributed by atoms with Crippen LogP contribution in [0.2, 0.25) is 0 Å². The van der Waals surface area contributed by atoms with E-state index in [0.717, 1.165) is 34.9 Å². The van der Waals surface area contributed by atoms with Crippen LogP contribution < -0.4 is 15.0 Å². The smallest absolute Gasteiger partial charge is 0.291 e. The second-order valence-electron chi connectivity index (χ2n) is 7.35. The van der Waals surface area contributed by atoms with Gasteiger partial charge < -0.3 is 19.4 Å². The molecule has 4 rings (SSSR count). The van der Waals surface area contributed by atoms with Crippen molar-refractivity contribution in [3.05, 3.63) is 53.3 Å². The third-order valence-corrected chi connectivity index (χ3v) is 5.42. The third kappa shape index (κ3) is 3.46. The first-order valence-electron chi connectivity index (χ1n) is 9.78. The molecule has 2 aromatic carbocycles. The van der Waals surface area contributed by atoms with Crippen LogP contribution in [0.1, 0.15) is 40.9 Å². The number of amides is 2. The van der Waals surface area contributed by atoms with E-state index < -0.39 is 0 Å². The van der Waals surface area contributed by atoms with Crippen molar-refractivity contribution in [3.8, 4) is 5.75 Å². The zero-order valence-electron chi connectivity index (χ0n) is 16.9. The van der Waals surface area contributed by atoms with E-state index in [9.17, 15) is 9.59 Å². The molecular formula is C23H24N2O4. The lowest BCUT2D eigenvalue weighted by Gasteiger charge is -2.28. The number of carbonyl (C=O) groups is 2. The quantitative estimate of drug-likeness (QED) is 0.690. The second-order valence-corrected chi connectivity index (χ2v) is 7.35. The lowest BCUT2D eigenvalue weighted by Crippen LogP contribution is -2.35. The Hall–Kier alpha value is -3.28. The molecule has 1 saturated heterocycles. The maximum absolute atomic E-state index is 12.9. The van der Waals surface area contributed by atoms with E-state index in [4.69, 9.17) is 9.15 Å². The number of hydrogen-bond acceptors (Lipinski definition) is 4. The molecule has 0 spiro atoms. The normalized spacial score (nSPS) is 14.3. The topological polar surface area (TPSA) is 71.8 Å². The fourth-order valence-corrected chi connectivity index (χ4v) is 3.83. The van der Waals surface area contributed by atoms with E-state index in [1.54, 1.807) is 30.2 Å². The number of ether oxygens (including phenoxy) is 1. The van der Waals surface area contributed by atoms with Gasteiger partial charge in [0.15, 0.2) is 5.76 Å². The summed E-state index contributed by atoms with van der Waals surface area (Å²) in [5, 5.41) is 3.83. The maximum atomic E-state index is 12.9. The Bertz CT molecular complexity index is 1100. The first kappa shape index (κ1) is 19.1. The van der Waals surface area contributed by atoms with Crippen molar-refractivity contribution in [3.63, 3.8) is 0 Å². The van der Waals surface area contributed by atoms with Crippen LogP contribution in [0, 0.1) is 13.8 Å². The van der Waals surface area contributed by atoms with E-state index >= 15 is 0 Å². The first-order valence-corrected chi connectivity index (χ1v) is 9.78. The van der Waals surface area contributed by atoms with Crippen molar-refractivity contribution < 1.29 is 18.7 Å². The summed E-state index contributed by atoms with van der Waals surface area (Å²) in [5.41, 5.74) is 3.78. The highest BCUT2D eigenvalue weighted by Crippen LogP contribution is 2.34. The Morgan fingerprint density at radius 2 is 2.00 bits per heavy atom. The van der Waals surface area contributed by atoms with Crippen LogP contribution in [0.25, 0.3) is 11.0 Å². The molecule has 1 aromatic heterocycles. The minimum absolute atomic E-state index is 0.0710. The Morgan fingerprint density at radius 3 is 2.72 bits per heavy atom. The minimum atomic E-state index is -0.320. The number of anilines is 2. The van der Waals surface area contributed by atoms with Crippen LogP contribution in [-0.4, -0.2) is 25.5 Å². The number of benzene rings is 2. The number of rotatable bonds is 4. The maximum Gasteiger partial charge on any atom is 0.291 e. The number of piperidine rings is 1. The van der Waals surface area contributed by atoms with Crippen molar-refractivity contribution in [2.45, 2.75) is 33.1 Å². The highest BCUT2D eigenvalue weighted by atomic mass is 16.5. The fourth-order valence-electron chi connectivity index (χ4n) is 3.83.